The highest BCUT2D eigenvalue weighted by Gasteiger charge is 2.52. The third kappa shape index (κ3) is 5.41. The number of benzene rings is 12. The van der Waals surface area contributed by atoms with Crippen LogP contribution in [-0.4, -0.2) is 0 Å². The van der Waals surface area contributed by atoms with Crippen LogP contribution in [-0.2, 0) is 21.7 Å². The van der Waals surface area contributed by atoms with Crippen LogP contribution in [0.5, 0.6) is 0 Å². The van der Waals surface area contributed by atoms with E-state index in [4.69, 9.17) is 0 Å². The van der Waals surface area contributed by atoms with Crippen LogP contribution < -0.4 is 0 Å². The Balaban J connectivity index is 0.886. The standard InChI is InChI=1S/C78H56/c1-75(2)63-26-14-9-19-49(63)54-37-33-47(41-69(54)75)73-58-24-7-8-25-59(58)74(48-34-38-55-50-20-10-15-27-64(50)76(3,4)70(55)42-48)62-44-71-60(43-61(62)73)57-36-32-45(39-68(57)77(71,5)6)46-31-35-56-53-23-13-18-30-67(53)78(72(56)40-46)65-28-16-11-21-51(65)52-22-12-17-29-66(52)78/h7-44H,1-6H3. The van der Waals surface area contributed by atoms with Crippen LogP contribution in [0.3, 0.4) is 0 Å². The smallest absolute Gasteiger partial charge is 0.0619 e. The molecule has 0 atom stereocenters. The van der Waals surface area contributed by atoms with Crippen molar-refractivity contribution in [3.8, 4) is 89.0 Å². The molecule has 1 spiro atoms. The van der Waals surface area contributed by atoms with Gasteiger partial charge in [0.1, 0.15) is 0 Å². The molecule has 5 aliphatic rings. The van der Waals surface area contributed by atoms with Gasteiger partial charge in [0, 0.05) is 16.2 Å². The number of hydrogen-bond acceptors (Lipinski definition) is 0. The van der Waals surface area contributed by atoms with E-state index < -0.39 is 5.41 Å². The van der Waals surface area contributed by atoms with Crippen molar-refractivity contribution in [2.24, 2.45) is 0 Å². The lowest BCUT2D eigenvalue weighted by Crippen LogP contribution is -2.25. The average Bonchev–Trinajstić information content (AvgIpc) is 3.71. The summed E-state index contributed by atoms with van der Waals surface area (Å²) in [5.41, 5.74) is 34.0. The molecule has 0 nitrogen and oxygen atoms in total. The summed E-state index contributed by atoms with van der Waals surface area (Å²) in [6, 6.07) is 89.3. The molecule has 0 unspecified atom stereocenters. The highest BCUT2D eigenvalue weighted by atomic mass is 14.5. The Morgan fingerprint density at radius 3 is 0.923 bits per heavy atom. The van der Waals surface area contributed by atoms with Gasteiger partial charge < -0.3 is 0 Å². The number of fused-ring (bicyclic) bond motifs is 21. The minimum absolute atomic E-state index is 0.125. The van der Waals surface area contributed by atoms with Crippen LogP contribution >= 0.6 is 0 Å². The lowest BCUT2D eigenvalue weighted by atomic mass is 9.70. The molecule has 0 N–H and O–H groups in total. The molecular weight excluding hydrogens is 937 g/mol. The maximum Gasteiger partial charge on any atom is 0.0725 e. The second kappa shape index (κ2) is 15.0. The molecule has 12 aromatic carbocycles. The molecule has 368 valence electrons. The van der Waals surface area contributed by atoms with Gasteiger partial charge >= 0.3 is 0 Å². The van der Waals surface area contributed by atoms with E-state index in [0.717, 1.165) is 0 Å². The largest absolute Gasteiger partial charge is 0.0725 e. The fourth-order valence-corrected chi connectivity index (χ4v) is 16.2. The van der Waals surface area contributed by atoms with E-state index in [1.165, 1.54) is 166 Å². The zero-order valence-corrected chi connectivity index (χ0v) is 44.9. The predicted octanol–water partition coefficient (Wildman–Crippen LogP) is 20.3. The molecule has 0 aromatic heterocycles. The van der Waals surface area contributed by atoms with Gasteiger partial charge in [0.15, 0.2) is 0 Å². The summed E-state index contributed by atoms with van der Waals surface area (Å²) in [6.45, 7) is 14.5. The number of hydrogen-bond donors (Lipinski definition) is 0. The lowest BCUT2D eigenvalue weighted by molar-refractivity contribution is 0.660. The van der Waals surface area contributed by atoms with Gasteiger partial charge in [0.2, 0.25) is 0 Å². The second-order valence-electron chi connectivity index (χ2n) is 24.6. The maximum atomic E-state index is 2.61. The van der Waals surface area contributed by atoms with Crippen LogP contribution in [0.2, 0.25) is 0 Å². The van der Waals surface area contributed by atoms with E-state index in [1.54, 1.807) is 0 Å². The summed E-state index contributed by atoms with van der Waals surface area (Å²) in [7, 11) is 0. The van der Waals surface area contributed by atoms with Crippen molar-refractivity contribution in [1.82, 2.24) is 0 Å². The topological polar surface area (TPSA) is 0 Å². The Morgan fingerprint density at radius 1 is 0.192 bits per heavy atom. The molecule has 0 heteroatoms. The minimum Gasteiger partial charge on any atom is -0.0619 e. The van der Waals surface area contributed by atoms with Crippen LogP contribution in [0.15, 0.2) is 231 Å². The van der Waals surface area contributed by atoms with Crippen molar-refractivity contribution in [2.45, 2.75) is 63.2 Å². The molecule has 5 aliphatic carbocycles. The Kier molecular flexibility index (Phi) is 8.52. The van der Waals surface area contributed by atoms with Crippen LogP contribution in [0.1, 0.15) is 97.2 Å². The van der Waals surface area contributed by atoms with Crippen molar-refractivity contribution >= 4 is 21.5 Å². The van der Waals surface area contributed by atoms with E-state index in [-0.39, 0.29) is 16.2 Å². The van der Waals surface area contributed by atoms with E-state index in [2.05, 4.69) is 272 Å². The molecule has 0 saturated carbocycles. The predicted molar refractivity (Wildman–Crippen MR) is 327 cm³/mol. The lowest BCUT2D eigenvalue weighted by Gasteiger charge is -2.30. The SMILES string of the molecule is CC1(C)c2ccccc2-c2ccc(-c3c4ccccc4c(-c4ccc5c(c4)C(C)(C)c4ccccc4-5)c4cc5c(cc34)-c3ccc(-c4ccc6c(c4)C4(c7ccccc7-c7ccccc74)c4ccccc4-6)cc3C5(C)C)cc21. The van der Waals surface area contributed by atoms with Gasteiger partial charge in [-0.15, -0.1) is 0 Å². The van der Waals surface area contributed by atoms with Crippen LogP contribution in [0, 0.1) is 0 Å². The summed E-state index contributed by atoms with van der Waals surface area (Å²) in [5.74, 6) is 0. The van der Waals surface area contributed by atoms with Gasteiger partial charge in [-0.2, -0.15) is 0 Å². The van der Waals surface area contributed by atoms with Gasteiger partial charge in [-0.05, 0) is 203 Å². The first-order chi connectivity index (χ1) is 38.0. The number of rotatable bonds is 3. The molecule has 0 bridgehead atoms. The third-order valence-electron chi connectivity index (χ3n) is 19.9. The normalized spacial score (nSPS) is 16.0. The first-order valence-electron chi connectivity index (χ1n) is 28.1. The van der Waals surface area contributed by atoms with Gasteiger partial charge in [0.25, 0.3) is 0 Å². The molecule has 0 saturated heterocycles. The molecule has 17 rings (SSSR count). The van der Waals surface area contributed by atoms with E-state index in [0.29, 0.717) is 0 Å². The third-order valence-corrected chi connectivity index (χ3v) is 19.9. The van der Waals surface area contributed by atoms with Crippen molar-refractivity contribution in [3.63, 3.8) is 0 Å². The van der Waals surface area contributed by atoms with Gasteiger partial charge in [0.05, 0.1) is 5.41 Å². The average molecular weight is 993 g/mol. The molecule has 0 fully saturated rings. The minimum atomic E-state index is -0.391. The van der Waals surface area contributed by atoms with E-state index in [1.807, 2.05) is 0 Å². The van der Waals surface area contributed by atoms with E-state index in [9.17, 15) is 0 Å². The summed E-state index contributed by atoms with van der Waals surface area (Å²) in [4.78, 5) is 0. The van der Waals surface area contributed by atoms with Gasteiger partial charge in [-0.25, -0.2) is 0 Å². The van der Waals surface area contributed by atoms with Crippen molar-refractivity contribution in [3.05, 3.63) is 286 Å². The summed E-state index contributed by atoms with van der Waals surface area (Å²) >= 11 is 0. The Bertz CT molecular complexity index is 4640. The molecule has 0 aliphatic heterocycles. The highest BCUT2D eigenvalue weighted by Crippen LogP contribution is 2.64. The first kappa shape index (κ1) is 44.3. The maximum absolute atomic E-state index is 2.61. The zero-order chi connectivity index (χ0) is 52.2. The Labute approximate surface area is 457 Å². The Hall–Kier alpha value is -8.84. The summed E-state index contributed by atoms with van der Waals surface area (Å²) in [5, 5.41) is 5.18. The summed E-state index contributed by atoms with van der Waals surface area (Å²) in [6.07, 6.45) is 0. The van der Waals surface area contributed by atoms with Crippen LogP contribution in [0.25, 0.3) is 111 Å². The quantitative estimate of drug-likeness (QED) is 0.155. The first-order valence-corrected chi connectivity index (χ1v) is 28.1. The Morgan fingerprint density at radius 2 is 0.474 bits per heavy atom. The zero-order valence-electron chi connectivity index (χ0n) is 44.9. The van der Waals surface area contributed by atoms with E-state index >= 15 is 0 Å². The molecule has 12 aromatic rings. The fourth-order valence-electron chi connectivity index (χ4n) is 16.2. The van der Waals surface area contributed by atoms with Crippen molar-refractivity contribution < 1.29 is 0 Å². The fraction of sp³-hybridized carbons (Fsp3) is 0.128. The van der Waals surface area contributed by atoms with Crippen LogP contribution in [0.4, 0.5) is 0 Å². The molecule has 0 radical (unpaired) electrons. The molecule has 0 heterocycles. The second-order valence-corrected chi connectivity index (χ2v) is 24.6. The van der Waals surface area contributed by atoms with Gasteiger partial charge in [-0.3, -0.25) is 0 Å². The van der Waals surface area contributed by atoms with Gasteiger partial charge in [-0.1, -0.05) is 236 Å². The van der Waals surface area contributed by atoms with Crippen molar-refractivity contribution in [1.29, 1.82) is 0 Å². The molecule has 78 heavy (non-hydrogen) atoms. The highest BCUT2D eigenvalue weighted by molar-refractivity contribution is 6.23. The summed E-state index contributed by atoms with van der Waals surface area (Å²) < 4.78 is 0. The molecular formula is C78H56. The van der Waals surface area contributed by atoms with Crippen molar-refractivity contribution in [2.75, 3.05) is 0 Å². The monoisotopic (exact) mass is 992 g/mol. The molecule has 0 amide bonds.